The third-order valence-corrected chi connectivity index (χ3v) is 1.27. The van der Waals surface area contributed by atoms with Gasteiger partial charge >= 0.3 is 0 Å². The van der Waals surface area contributed by atoms with Crippen LogP contribution in [0.25, 0.3) is 0 Å². The molecule has 0 rings (SSSR count). The van der Waals surface area contributed by atoms with Crippen LogP contribution in [-0.2, 0) is 0 Å². The fourth-order valence-electron chi connectivity index (χ4n) is 0.558. The lowest BCUT2D eigenvalue weighted by atomic mass is 10.3. The van der Waals surface area contributed by atoms with E-state index in [0.717, 1.165) is 0 Å². The molecule has 0 amide bonds. The fourth-order valence-corrected chi connectivity index (χ4v) is 0.558. The van der Waals surface area contributed by atoms with Crippen molar-refractivity contribution in [2.45, 2.75) is 19.8 Å². The van der Waals surface area contributed by atoms with Gasteiger partial charge in [-0.05, 0) is 13.0 Å². The smallest absolute Gasteiger partial charge is 0.0867 e. The lowest BCUT2D eigenvalue weighted by molar-refractivity contribution is -0.824. The first-order valence-electron chi connectivity index (χ1n) is 3.26. The van der Waals surface area contributed by atoms with E-state index < -0.39 is 0 Å². The third-order valence-electron chi connectivity index (χ3n) is 1.27. The van der Waals surface area contributed by atoms with Crippen LogP contribution in [0.2, 0.25) is 0 Å². The van der Waals surface area contributed by atoms with E-state index in [4.69, 9.17) is 0 Å². The van der Waals surface area contributed by atoms with Crippen molar-refractivity contribution in [3.8, 4) is 0 Å². The Morgan fingerprint density at radius 1 is 1.62 bits per heavy atom. The van der Waals surface area contributed by atoms with Crippen molar-refractivity contribution >= 4 is 0 Å². The van der Waals surface area contributed by atoms with E-state index in [1.807, 2.05) is 6.20 Å². The van der Waals surface area contributed by atoms with Crippen LogP contribution in [0, 0.1) is 0 Å². The Morgan fingerprint density at radius 3 is 2.62 bits per heavy atom. The van der Waals surface area contributed by atoms with Gasteiger partial charge in [0, 0.05) is 0 Å². The van der Waals surface area contributed by atoms with Crippen molar-refractivity contribution in [3.63, 3.8) is 0 Å². The SMILES string of the molecule is C=C[NH+](C)CCCC. The Labute approximate surface area is 52.0 Å². The van der Waals surface area contributed by atoms with Crippen molar-refractivity contribution in [1.82, 2.24) is 0 Å². The first-order valence-corrected chi connectivity index (χ1v) is 3.26. The van der Waals surface area contributed by atoms with Crippen molar-refractivity contribution in [2.24, 2.45) is 0 Å². The summed E-state index contributed by atoms with van der Waals surface area (Å²) in [5.41, 5.74) is 0. The second-order valence-corrected chi connectivity index (χ2v) is 2.15. The van der Waals surface area contributed by atoms with Crippen LogP contribution in [0.4, 0.5) is 0 Å². The quantitative estimate of drug-likeness (QED) is 0.541. The maximum atomic E-state index is 3.68. The topological polar surface area (TPSA) is 4.44 Å². The zero-order valence-corrected chi connectivity index (χ0v) is 5.91. The van der Waals surface area contributed by atoms with Gasteiger partial charge < -0.3 is 4.90 Å². The van der Waals surface area contributed by atoms with Gasteiger partial charge in [0.2, 0.25) is 0 Å². The molecular formula is C7H16N+. The van der Waals surface area contributed by atoms with Crippen LogP contribution >= 0.6 is 0 Å². The molecule has 0 heterocycles. The summed E-state index contributed by atoms with van der Waals surface area (Å²) in [5.74, 6) is 0. The molecule has 48 valence electrons. The summed E-state index contributed by atoms with van der Waals surface area (Å²) in [6.07, 6.45) is 4.53. The van der Waals surface area contributed by atoms with Crippen LogP contribution < -0.4 is 4.90 Å². The molecule has 0 radical (unpaired) electrons. The molecule has 0 aromatic heterocycles. The van der Waals surface area contributed by atoms with E-state index in [9.17, 15) is 0 Å². The second kappa shape index (κ2) is 4.85. The zero-order chi connectivity index (χ0) is 6.41. The van der Waals surface area contributed by atoms with Gasteiger partial charge in [0.1, 0.15) is 0 Å². The van der Waals surface area contributed by atoms with E-state index in [1.165, 1.54) is 24.3 Å². The van der Waals surface area contributed by atoms with Crippen LogP contribution in [0.1, 0.15) is 19.8 Å². The maximum absolute atomic E-state index is 3.68. The summed E-state index contributed by atoms with van der Waals surface area (Å²) in [4.78, 5) is 1.41. The van der Waals surface area contributed by atoms with Gasteiger partial charge in [-0.2, -0.15) is 0 Å². The van der Waals surface area contributed by atoms with Gasteiger partial charge in [-0.3, -0.25) is 0 Å². The minimum absolute atomic E-state index is 1.22. The first kappa shape index (κ1) is 7.70. The van der Waals surface area contributed by atoms with E-state index in [0.29, 0.717) is 0 Å². The van der Waals surface area contributed by atoms with Crippen molar-refractivity contribution in [2.75, 3.05) is 13.6 Å². The number of quaternary nitrogens is 1. The fraction of sp³-hybridized carbons (Fsp3) is 0.714. The summed E-state index contributed by atoms with van der Waals surface area (Å²) in [6, 6.07) is 0. The minimum atomic E-state index is 1.22. The number of hydrogen-bond donors (Lipinski definition) is 1. The molecule has 0 saturated carbocycles. The lowest BCUT2D eigenvalue weighted by Crippen LogP contribution is -3.04. The standard InChI is InChI=1S/C7H15N/c1-4-6-7-8(3)5-2/h5H,2,4,6-7H2,1,3H3/p+1. The lowest BCUT2D eigenvalue weighted by Gasteiger charge is -2.04. The number of nitrogens with one attached hydrogen (secondary N) is 1. The van der Waals surface area contributed by atoms with Crippen LogP contribution in [0.5, 0.6) is 0 Å². The average Bonchev–Trinajstić information content (AvgIpc) is 1.83. The van der Waals surface area contributed by atoms with Crippen LogP contribution in [0.15, 0.2) is 12.8 Å². The first-order chi connectivity index (χ1) is 3.81. The van der Waals surface area contributed by atoms with E-state index in [2.05, 4.69) is 20.6 Å². The summed E-state index contributed by atoms with van der Waals surface area (Å²) >= 11 is 0. The molecule has 0 aliphatic heterocycles. The second-order valence-electron chi connectivity index (χ2n) is 2.15. The molecule has 0 saturated heterocycles. The van der Waals surface area contributed by atoms with Crippen molar-refractivity contribution in [1.29, 1.82) is 0 Å². The van der Waals surface area contributed by atoms with E-state index in [-0.39, 0.29) is 0 Å². The molecular weight excluding hydrogens is 98.1 g/mol. The highest BCUT2D eigenvalue weighted by molar-refractivity contribution is 4.43. The highest BCUT2D eigenvalue weighted by Crippen LogP contribution is 1.77. The Kier molecular flexibility index (Phi) is 4.67. The zero-order valence-electron chi connectivity index (χ0n) is 5.91. The Balaban J connectivity index is 2.98. The summed E-state index contributed by atoms with van der Waals surface area (Å²) in [7, 11) is 2.13. The van der Waals surface area contributed by atoms with Crippen LogP contribution in [-0.4, -0.2) is 13.6 Å². The molecule has 1 unspecified atom stereocenters. The molecule has 0 aromatic rings. The number of hydrogen-bond acceptors (Lipinski definition) is 0. The predicted molar refractivity (Wildman–Crippen MR) is 36.9 cm³/mol. The molecule has 1 atom stereocenters. The summed E-state index contributed by atoms with van der Waals surface area (Å²) in [5, 5.41) is 0. The van der Waals surface area contributed by atoms with Gasteiger partial charge in [0.05, 0.1) is 19.8 Å². The molecule has 0 fully saturated rings. The highest BCUT2D eigenvalue weighted by Gasteiger charge is 1.90. The summed E-state index contributed by atoms with van der Waals surface area (Å²) in [6.45, 7) is 7.10. The maximum Gasteiger partial charge on any atom is 0.0867 e. The predicted octanol–water partition coefficient (Wildman–Crippen LogP) is 0.445. The number of rotatable bonds is 4. The van der Waals surface area contributed by atoms with Gasteiger partial charge in [-0.1, -0.05) is 13.3 Å². The van der Waals surface area contributed by atoms with E-state index >= 15 is 0 Å². The van der Waals surface area contributed by atoms with Gasteiger partial charge in [0.25, 0.3) is 0 Å². The third kappa shape index (κ3) is 3.88. The van der Waals surface area contributed by atoms with Gasteiger partial charge in [-0.25, -0.2) is 0 Å². The largest absolute Gasteiger partial charge is 0.312 e. The summed E-state index contributed by atoms with van der Waals surface area (Å²) < 4.78 is 0. The normalized spacial score (nSPS) is 13.2. The molecule has 0 aromatic carbocycles. The monoisotopic (exact) mass is 114 g/mol. The number of unbranched alkanes of at least 4 members (excludes halogenated alkanes) is 1. The molecule has 0 spiro atoms. The average molecular weight is 114 g/mol. The highest BCUT2D eigenvalue weighted by atomic mass is 15.1. The molecule has 1 heteroatoms. The molecule has 0 bridgehead atoms. The molecule has 1 N–H and O–H groups in total. The Morgan fingerprint density at radius 2 is 2.25 bits per heavy atom. The molecule has 0 aliphatic carbocycles. The van der Waals surface area contributed by atoms with Gasteiger partial charge in [0.15, 0.2) is 0 Å². The molecule has 1 nitrogen and oxygen atoms in total. The van der Waals surface area contributed by atoms with Crippen molar-refractivity contribution in [3.05, 3.63) is 12.8 Å². The Bertz CT molecular complexity index is 59.4. The van der Waals surface area contributed by atoms with Gasteiger partial charge in [-0.15, -0.1) is 0 Å². The Hall–Kier alpha value is -0.300. The minimum Gasteiger partial charge on any atom is -0.312 e. The van der Waals surface area contributed by atoms with Crippen molar-refractivity contribution < 1.29 is 4.90 Å². The molecule has 8 heavy (non-hydrogen) atoms. The van der Waals surface area contributed by atoms with Crippen LogP contribution in [0.3, 0.4) is 0 Å². The molecule has 0 aliphatic rings. The van der Waals surface area contributed by atoms with E-state index in [1.54, 1.807) is 0 Å².